The van der Waals surface area contributed by atoms with E-state index >= 15 is 0 Å². The Morgan fingerprint density at radius 2 is 1.88 bits per heavy atom. The zero-order chi connectivity index (χ0) is 23.8. The number of ether oxygens (including phenoxy) is 1. The van der Waals surface area contributed by atoms with Crippen molar-refractivity contribution in [3.8, 4) is 16.9 Å². The van der Waals surface area contributed by atoms with Gasteiger partial charge in [-0.1, -0.05) is 18.2 Å². The Labute approximate surface area is 187 Å². The monoisotopic (exact) mass is 465 g/mol. The quantitative estimate of drug-likeness (QED) is 0.481. The highest BCUT2D eigenvalue weighted by atomic mass is 19.4. The third-order valence-electron chi connectivity index (χ3n) is 5.85. The number of carbonyl (C=O) groups is 1. The van der Waals surface area contributed by atoms with Gasteiger partial charge in [0.15, 0.2) is 12.4 Å². The molecule has 9 heteroatoms. The molecule has 0 atom stereocenters. The molecule has 1 aliphatic carbocycles. The summed E-state index contributed by atoms with van der Waals surface area (Å²) in [6, 6.07) is 9.67. The van der Waals surface area contributed by atoms with Gasteiger partial charge in [-0.15, -0.1) is 0 Å². The molecular weight excluding hydrogens is 442 g/mol. The number of amides is 1. The summed E-state index contributed by atoms with van der Waals surface area (Å²) in [5.41, 5.74) is 0.0324. The molecule has 1 saturated carbocycles. The number of hydrogen-bond donors (Lipinski definition) is 2. The van der Waals surface area contributed by atoms with E-state index in [1.807, 2.05) is 6.92 Å². The van der Waals surface area contributed by atoms with Crippen molar-refractivity contribution in [1.29, 1.82) is 0 Å². The lowest BCUT2D eigenvalue weighted by Gasteiger charge is -2.36. The van der Waals surface area contributed by atoms with Gasteiger partial charge in [-0.05, 0) is 56.9 Å². The molecule has 2 aromatic carbocycles. The summed E-state index contributed by atoms with van der Waals surface area (Å²) in [5, 5.41) is 12.9. The van der Waals surface area contributed by atoms with E-state index in [0.29, 0.717) is 31.1 Å². The molecule has 1 aromatic heterocycles. The van der Waals surface area contributed by atoms with E-state index in [9.17, 15) is 27.5 Å². The molecule has 33 heavy (non-hydrogen) atoms. The summed E-state index contributed by atoms with van der Waals surface area (Å²) < 4.78 is 63.1. The van der Waals surface area contributed by atoms with Crippen LogP contribution in [0.3, 0.4) is 0 Å². The summed E-state index contributed by atoms with van der Waals surface area (Å²) in [4.78, 5) is 12.9. The summed E-state index contributed by atoms with van der Waals surface area (Å²) >= 11 is 0. The number of hydrogen-bond acceptors (Lipinski definition) is 4. The third-order valence-corrected chi connectivity index (χ3v) is 5.85. The number of aliphatic hydroxyl groups excluding tert-OH is 1. The van der Waals surface area contributed by atoms with Crippen LogP contribution in [0.25, 0.3) is 22.1 Å². The Kier molecular flexibility index (Phi) is 6.09. The van der Waals surface area contributed by atoms with E-state index < -0.39 is 30.0 Å². The number of carbonyl (C=O) groups excluding carboxylic acids is 1. The number of benzene rings is 2. The highest BCUT2D eigenvalue weighted by Gasteiger charge is 2.33. The number of halogens is 4. The molecule has 0 spiro atoms. The fraction of sp³-hybridized carbons (Fsp3) is 0.375. The van der Waals surface area contributed by atoms with Gasteiger partial charge in [0.25, 0.3) is 5.91 Å². The topological polar surface area (TPSA) is 71.7 Å². The van der Waals surface area contributed by atoms with Crippen molar-refractivity contribution >= 4 is 16.9 Å². The first-order chi connectivity index (χ1) is 15.5. The molecule has 0 unspecified atom stereocenters. The molecule has 2 N–H and O–H groups in total. The van der Waals surface area contributed by atoms with Gasteiger partial charge in [-0.25, -0.2) is 4.39 Å². The number of furan rings is 1. The zero-order valence-corrected chi connectivity index (χ0v) is 17.8. The number of fused-ring (bicyclic) bond motifs is 1. The van der Waals surface area contributed by atoms with Crippen molar-refractivity contribution in [2.75, 3.05) is 6.61 Å². The lowest BCUT2D eigenvalue weighted by atomic mass is 9.82. The largest absolute Gasteiger partial charge is 0.483 e. The molecule has 1 fully saturated rings. The zero-order valence-electron chi connectivity index (χ0n) is 17.8. The summed E-state index contributed by atoms with van der Waals surface area (Å²) in [6.07, 6.45) is -2.58. The van der Waals surface area contributed by atoms with Crippen LogP contribution in [0.1, 0.15) is 43.2 Å². The molecular formula is C24H23F4NO4. The van der Waals surface area contributed by atoms with Gasteiger partial charge < -0.3 is 19.6 Å². The first-order valence-electron chi connectivity index (χ1n) is 10.6. The molecule has 4 rings (SSSR count). The molecule has 0 saturated heterocycles. The SMILES string of the molecule is CC1(NC(=O)c2cc3cc(F)cc(-c4ccccc4OCC(F)(F)F)c3o2)CCC(O)CC1. The fourth-order valence-corrected chi connectivity index (χ4v) is 4.10. The number of aliphatic hydroxyl groups is 1. The van der Waals surface area contributed by atoms with Gasteiger partial charge in [0.2, 0.25) is 0 Å². The molecule has 1 heterocycles. The normalized spacial score (nSPS) is 21.2. The Morgan fingerprint density at radius 3 is 2.58 bits per heavy atom. The van der Waals surface area contributed by atoms with Crippen LogP contribution in [-0.2, 0) is 0 Å². The summed E-state index contributed by atoms with van der Waals surface area (Å²) in [6.45, 7) is 0.389. The smallest absolute Gasteiger partial charge is 0.422 e. The first-order valence-corrected chi connectivity index (χ1v) is 10.6. The average molecular weight is 465 g/mol. The van der Waals surface area contributed by atoms with E-state index in [1.165, 1.54) is 30.3 Å². The average Bonchev–Trinajstić information content (AvgIpc) is 3.18. The van der Waals surface area contributed by atoms with Gasteiger partial charge in [0, 0.05) is 22.1 Å². The lowest BCUT2D eigenvalue weighted by molar-refractivity contribution is -0.153. The van der Waals surface area contributed by atoms with Crippen LogP contribution in [-0.4, -0.2) is 35.4 Å². The van der Waals surface area contributed by atoms with E-state index in [-0.39, 0.29) is 34.3 Å². The van der Waals surface area contributed by atoms with Gasteiger partial charge in [-0.3, -0.25) is 4.79 Å². The highest BCUT2D eigenvalue weighted by molar-refractivity contribution is 6.01. The second-order valence-electron chi connectivity index (χ2n) is 8.63. The molecule has 0 bridgehead atoms. The van der Waals surface area contributed by atoms with Gasteiger partial charge >= 0.3 is 6.18 Å². The van der Waals surface area contributed by atoms with Crippen LogP contribution >= 0.6 is 0 Å². The maximum Gasteiger partial charge on any atom is 0.422 e. The van der Waals surface area contributed by atoms with Crippen LogP contribution in [0.5, 0.6) is 5.75 Å². The van der Waals surface area contributed by atoms with Crippen molar-refractivity contribution < 1.29 is 36.6 Å². The second-order valence-corrected chi connectivity index (χ2v) is 8.63. The Hall–Kier alpha value is -3.07. The van der Waals surface area contributed by atoms with Gasteiger partial charge in [0.05, 0.1) is 6.10 Å². The summed E-state index contributed by atoms with van der Waals surface area (Å²) in [7, 11) is 0. The van der Waals surface area contributed by atoms with E-state index in [2.05, 4.69) is 5.32 Å². The predicted molar refractivity (Wildman–Crippen MR) is 114 cm³/mol. The number of para-hydroxylation sites is 1. The van der Waals surface area contributed by atoms with Crippen molar-refractivity contribution in [2.45, 2.75) is 50.4 Å². The minimum absolute atomic E-state index is 0.0436. The maximum atomic E-state index is 14.4. The lowest BCUT2D eigenvalue weighted by Crippen LogP contribution is -2.48. The van der Waals surface area contributed by atoms with Crippen LogP contribution < -0.4 is 10.1 Å². The molecule has 176 valence electrons. The second kappa shape index (κ2) is 8.70. The molecule has 3 aromatic rings. The molecule has 1 aliphatic rings. The Bertz CT molecular complexity index is 1160. The molecule has 1 amide bonds. The van der Waals surface area contributed by atoms with Gasteiger partial charge in [0.1, 0.15) is 17.1 Å². The van der Waals surface area contributed by atoms with E-state index in [0.717, 1.165) is 6.07 Å². The minimum Gasteiger partial charge on any atom is -0.483 e. The number of nitrogens with one attached hydrogen (secondary N) is 1. The molecule has 0 radical (unpaired) electrons. The first kappa shape index (κ1) is 23.1. The van der Waals surface area contributed by atoms with Crippen LogP contribution in [0.4, 0.5) is 17.6 Å². The van der Waals surface area contributed by atoms with Crippen LogP contribution in [0.2, 0.25) is 0 Å². The Morgan fingerprint density at radius 1 is 1.18 bits per heavy atom. The predicted octanol–water partition coefficient (Wildman–Crippen LogP) is 5.60. The molecule has 0 aliphatic heterocycles. The van der Waals surface area contributed by atoms with Crippen LogP contribution in [0, 0.1) is 5.82 Å². The van der Waals surface area contributed by atoms with Crippen molar-refractivity contribution in [3.05, 3.63) is 54.0 Å². The third kappa shape index (κ3) is 5.30. The molecule has 5 nitrogen and oxygen atoms in total. The highest BCUT2D eigenvalue weighted by Crippen LogP contribution is 2.38. The van der Waals surface area contributed by atoms with Gasteiger partial charge in [-0.2, -0.15) is 13.2 Å². The van der Waals surface area contributed by atoms with E-state index in [1.54, 1.807) is 6.07 Å². The van der Waals surface area contributed by atoms with Crippen molar-refractivity contribution in [2.24, 2.45) is 0 Å². The van der Waals surface area contributed by atoms with Crippen molar-refractivity contribution in [3.63, 3.8) is 0 Å². The standard InChI is InChI=1S/C24H23F4NO4/c1-23(8-6-16(30)7-9-23)29-22(31)20-11-14-10-15(25)12-18(21(14)33-20)17-4-2-3-5-19(17)32-13-24(26,27)28/h2-5,10-12,16,30H,6-9,13H2,1H3,(H,29,31). The van der Waals surface area contributed by atoms with E-state index in [4.69, 9.17) is 9.15 Å². The van der Waals surface area contributed by atoms with Crippen LogP contribution in [0.15, 0.2) is 46.9 Å². The number of alkyl halides is 3. The van der Waals surface area contributed by atoms with Crippen molar-refractivity contribution in [1.82, 2.24) is 5.32 Å². The maximum absolute atomic E-state index is 14.4. The fourth-order valence-electron chi connectivity index (χ4n) is 4.10. The Balaban J connectivity index is 1.67. The minimum atomic E-state index is -4.54. The summed E-state index contributed by atoms with van der Waals surface area (Å²) in [5.74, 6) is -1.25. The number of rotatable bonds is 5.